The van der Waals surface area contributed by atoms with Crippen LogP contribution in [0.1, 0.15) is 11.3 Å². The van der Waals surface area contributed by atoms with Gasteiger partial charge >= 0.3 is 0 Å². The van der Waals surface area contributed by atoms with E-state index in [0.717, 1.165) is 16.6 Å². The minimum absolute atomic E-state index is 0.235. The van der Waals surface area contributed by atoms with Crippen molar-refractivity contribution in [2.24, 2.45) is 11.8 Å². The molecular weight excluding hydrogens is 344 g/mol. The number of alkyl halides is 1. The van der Waals surface area contributed by atoms with Crippen LogP contribution >= 0.6 is 38.9 Å². The average Bonchev–Trinajstić information content (AvgIpc) is 2.81. The van der Waals surface area contributed by atoms with Crippen LogP contribution in [-0.2, 0) is 16.3 Å². The van der Waals surface area contributed by atoms with Gasteiger partial charge in [-0.3, -0.25) is 0 Å². The van der Waals surface area contributed by atoms with E-state index in [9.17, 15) is 8.42 Å². The van der Waals surface area contributed by atoms with Crippen molar-refractivity contribution in [1.29, 1.82) is 0 Å². The maximum Gasteiger partial charge on any atom is 0.150 e. The second-order valence-corrected chi connectivity index (χ2v) is 9.57. The second-order valence-electron chi connectivity index (χ2n) is 4.49. The Kier molecular flexibility index (Phi) is 4.55. The molecule has 0 spiro atoms. The van der Waals surface area contributed by atoms with Crippen molar-refractivity contribution in [2.75, 3.05) is 17.4 Å². The fourth-order valence-corrected chi connectivity index (χ4v) is 6.12. The van der Waals surface area contributed by atoms with Gasteiger partial charge in [0.1, 0.15) is 0 Å². The quantitative estimate of drug-likeness (QED) is 0.775. The predicted octanol–water partition coefficient (Wildman–Crippen LogP) is 3.34. The normalized spacial score (nSPS) is 24.9. The van der Waals surface area contributed by atoms with E-state index in [1.807, 2.05) is 6.07 Å². The number of thiophene rings is 1. The van der Waals surface area contributed by atoms with Crippen molar-refractivity contribution in [2.45, 2.75) is 12.8 Å². The highest BCUT2D eigenvalue weighted by atomic mass is 79.9. The third-order valence-corrected chi connectivity index (χ3v) is 7.06. The molecule has 1 saturated heterocycles. The van der Waals surface area contributed by atoms with Crippen LogP contribution in [0.3, 0.4) is 0 Å². The second kappa shape index (κ2) is 5.59. The Morgan fingerprint density at radius 1 is 1.53 bits per heavy atom. The number of rotatable bonds is 4. The van der Waals surface area contributed by atoms with E-state index in [-0.39, 0.29) is 11.8 Å². The summed E-state index contributed by atoms with van der Waals surface area (Å²) in [6, 6.07) is 4.11. The van der Waals surface area contributed by atoms with E-state index in [1.54, 1.807) is 11.3 Å². The fourth-order valence-electron chi connectivity index (χ4n) is 2.26. The lowest BCUT2D eigenvalue weighted by Gasteiger charge is -2.19. The van der Waals surface area contributed by atoms with Gasteiger partial charge in [0.2, 0.25) is 0 Å². The molecule has 1 aliphatic heterocycles. The first-order chi connectivity index (χ1) is 8.00. The lowest BCUT2D eigenvalue weighted by atomic mass is 9.90. The molecule has 0 aromatic carbocycles. The van der Waals surface area contributed by atoms with Gasteiger partial charge in [-0.2, -0.15) is 0 Å². The summed E-state index contributed by atoms with van der Waals surface area (Å²) in [4.78, 5) is 1.27. The summed E-state index contributed by atoms with van der Waals surface area (Å²) in [5.41, 5.74) is 0. The molecule has 6 heteroatoms. The van der Waals surface area contributed by atoms with Gasteiger partial charge in [0, 0.05) is 10.8 Å². The van der Waals surface area contributed by atoms with Crippen molar-refractivity contribution >= 4 is 48.7 Å². The Balaban J connectivity index is 2.02. The molecular formula is C11H14BrClO2S2. The van der Waals surface area contributed by atoms with E-state index in [0.29, 0.717) is 17.4 Å². The smallest absolute Gasteiger partial charge is 0.150 e. The molecule has 2 unspecified atom stereocenters. The zero-order valence-electron chi connectivity index (χ0n) is 9.23. The number of sulfone groups is 1. The monoisotopic (exact) mass is 356 g/mol. The first kappa shape index (κ1) is 13.8. The molecule has 2 atom stereocenters. The minimum Gasteiger partial charge on any atom is -0.229 e. The first-order valence-corrected chi connectivity index (χ1v) is 9.47. The molecule has 96 valence electrons. The van der Waals surface area contributed by atoms with Gasteiger partial charge in [-0.15, -0.1) is 22.9 Å². The van der Waals surface area contributed by atoms with E-state index in [4.69, 9.17) is 11.6 Å². The number of halogens is 2. The number of hydrogen-bond donors (Lipinski definition) is 0. The lowest BCUT2D eigenvalue weighted by molar-refractivity contribution is 0.400. The molecule has 1 fully saturated rings. The standard InChI is InChI=1S/C11H14BrClO2S2/c12-11-2-1-10(16-11)5-9(6-13)8-3-4-17(14,15)7-8/h1-2,8-9H,3-7H2. The van der Waals surface area contributed by atoms with Gasteiger partial charge in [0.25, 0.3) is 0 Å². The highest BCUT2D eigenvalue weighted by Crippen LogP contribution is 2.32. The summed E-state index contributed by atoms with van der Waals surface area (Å²) in [5.74, 6) is 1.70. The maximum atomic E-state index is 11.5. The molecule has 0 radical (unpaired) electrons. The molecule has 17 heavy (non-hydrogen) atoms. The van der Waals surface area contributed by atoms with Gasteiger partial charge < -0.3 is 0 Å². The van der Waals surface area contributed by atoms with Gasteiger partial charge in [-0.25, -0.2) is 8.42 Å². The Hall–Kier alpha value is 0.420. The van der Waals surface area contributed by atoms with Crippen LogP contribution in [0.2, 0.25) is 0 Å². The van der Waals surface area contributed by atoms with Crippen LogP contribution in [0, 0.1) is 11.8 Å². The topological polar surface area (TPSA) is 34.1 Å². The zero-order valence-corrected chi connectivity index (χ0v) is 13.2. The first-order valence-electron chi connectivity index (χ1n) is 5.51. The van der Waals surface area contributed by atoms with Crippen LogP contribution in [0.4, 0.5) is 0 Å². The number of hydrogen-bond acceptors (Lipinski definition) is 3. The fraction of sp³-hybridized carbons (Fsp3) is 0.636. The third-order valence-electron chi connectivity index (χ3n) is 3.22. The molecule has 0 saturated carbocycles. The summed E-state index contributed by atoms with van der Waals surface area (Å²) in [6.07, 6.45) is 1.66. The van der Waals surface area contributed by atoms with Gasteiger partial charge in [0.15, 0.2) is 9.84 Å². The predicted molar refractivity (Wildman–Crippen MR) is 76.7 cm³/mol. The molecule has 0 bridgehead atoms. The molecule has 1 aliphatic rings. The Bertz CT molecular complexity index is 483. The van der Waals surface area contributed by atoms with E-state index in [1.165, 1.54) is 4.88 Å². The molecule has 1 aromatic rings. The SMILES string of the molecule is O=S1(=O)CCC(C(CCl)Cc2ccc(Br)s2)C1. The van der Waals surface area contributed by atoms with Crippen molar-refractivity contribution in [3.63, 3.8) is 0 Å². The van der Waals surface area contributed by atoms with Gasteiger partial charge in [0.05, 0.1) is 15.3 Å². The molecule has 2 nitrogen and oxygen atoms in total. The molecule has 0 N–H and O–H groups in total. The molecule has 1 aromatic heterocycles. The van der Waals surface area contributed by atoms with E-state index >= 15 is 0 Å². The van der Waals surface area contributed by atoms with Gasteiger partial charge in [-0.1, -0.05) is 0 Å². The molecule has 0 amide bonds. The highest BCUT2D eigenvalue weighted by molar-refractivity contribution is 9.11. The van der Waals surface area contributed by atoms with E-state index in [2.05, 4.69) is 22.0 Å². The van der Waals surface area contributed by atoms with Crippen molar-refractivity contribution in [3.8, 4) is 0 Å². The molecule has 2 heterocycles. The molecule has 2 rings (SSSR count). The lowest BCUT2D eigenvalue weighted by Crippen LogP contribution is -2.19. The maximum absolute atomic E-state index is 11.5. The summed E-state index contributed by atoms with van der Waals surface area (Å²) in [5, 5.41) is 0. The Labute approximate surface area is 119 Å². The Morgan fingerprint density at radius 2 is 2.29 bits per heavy atom. The minimum atomic E-state index is -2.80. The zero-order chi connectivity index (χ0) is 12.5. The van der Waals surface area contributed by atoms with Crippen LogP contribution in [0.5, 0.6) is 0 Å². The van der Waals surface area contributed by atoms with Crippen LogP contribution < -0.4 is 0 Å². The summed E-state index contributed by atoms with van der Waals surface area (Å²) < 4.78 is 24.1. The van der Waals surface area contributed by atoms with E-state index < -0.39 is 9.84 Å². The summed E-state index contributed by atoms with van der Waals surface area (Å²) in [6.45, 7) is 0. The molecule has 0 aliphatic carbocycles. The summed E-state index contributed by atoms with van der Waals surface area (Å²) >= 11 is 11.1. The van der Waals surface area contributed by atoms with Crippen molar-refractivity contribution in [1.82, 2.24) is 0 Å². The van der Waals surface area contributed by atoms with Crippen LogP contribution in [0.25, 0.3) is 0 Å². The van der Waals surface area contributed by atoms with Crippen LogP contribution in [0.15, 0.2) is 15.9 Å². The average molecular weight is 358 g/mol. The van der Waals surface area contributed by atoms with Crippen molar-refractivity contribution < 1.29 is 8.42 Å². The largest absolute Gasteiger partial charge is 0.229 e. The van der Waals surface area contributed by atoms with Gasteiger partial charge in [-0.05, 0) is 52.7 Å². The summed E-state index contributed by atoms with van der Waals surface area (Å²) in [7, 11) is -2.80. The highest BCUT2D eigenvalue weighted by Gasteiger charge is 2.33. The third kappa shape index (κ3) is 3.69. The van der Waals surface area contributed by atoms with Crippen LogP contribution in [-0.4, -0.2) is 25.8 Å². The van der Waals surface area contributed by atoms with Crippen molar-refractivity contribution in [3.05, 3.63) is 20.8 Å². The Morgan fingerprint density at radius 3 is 2.76 bits per heavy atom.